The van der Waals surface area contributed by atoms with E-state index in [4.69, 9.17) is 0 Å². The first-order chi connectivity index (χ1) is 12.8. The van der Waals surface area contributed by atoms with Gasteiger partial charge in [0.1, 0.15) is 6.33 Å². The van der Waals surface area contributed by atoms with Gasteiger partial charge in [-0.3, -0.25) is 9.47 Å². The zero-order valence-corrected chi connectivity index (χ0v) is 14.6. The number of hydrogen-bond acceptors (Lipinski definition) is 5. The number of benzene rings is 1. The maximum absolute atomic E-state index is 4.44. The van der Waals surface area contributed by atoms with Crippen molar-refractivity contribution in [3.05, 3.63) is 66.7 Å². The zero-order chi connectivity index (χ0) is 17.3. The summed E-state index contributed by atoms with van der Waals surface area (Å²) in [6.45, 7) is 5.57. The first-order valence-electron chi connectivity index (χ1n) is 9.18. The standard InChI is InChI=1S/C20H22N6/c1-2-4-16(5-3-1)10-24-11-17-13-26(14-18(17)12-24)20-7-6-19(22-23-20)25-9-8-21-15-25/h1-9,15,17-18H,10-14H2. The molecular weight excluding hydrogens is 324 g/mol. The second-order valence-electron chi connectivity index (χ2n) is 7.32. The van der Waals surface area contributed by atoms with Crippen LogP contribution in [0.4, 0.5) is 5.82 Å². The fourth-order valence-electron chi connectivity index (χ4n) is 4.27. The molecule has 2 saturated heterocycles. The Morgan fingerprint density at radius 1 is 0.846 bits per heavy atom. The number of aromatic nitrogens is 4. The molecule has 6 nitrogen and oxygen atoms in total. The summed E-state index contributed by atoms with van der Waals surface area (Å²) in [5.74, 6) is 3.25. The van der Waals surface area contributed by atoms with Crippen LogP contribution in [-0.4, -0.2) is 50.8 Å². The van der Waals surface area contributed by atoms with E-state index in [0.717, 1.165) is 43.1 Å². The van der Waals surface area contributed by atoms with Crippen molar-refractivity contribution in [3.63, 3.8) is 0 Å². The summed E-state index contributed by atoms with van der Waals surface area (Å²) >= 11 is 0. The van der Waals surface area contributed by atoms with Crippen LogP contribution in [0.1, 0.15) is 5.56 Å². The number of likely N-dealkylation sites (tertiary alicyclic amines) is 1. The molecule has 2 aliphatic heterocycles. The summed E-state index contributed by atoms with van der Waals surface area (Å²) in [5, 5.41) is 8.80. The summed E-state index contributed by atoms with van der Waals surface area (Å²) < 4.78 is 1.87. The molecule has 2 aromatic heterocycles. The Labute approximate surface area is 153 Å². The van der Waals surface area contributed by atoms with E-state index in [1.54, 1.807) is 12.5 Å². The molecule has 132 valence electrons. The summed E-state index contributed by atoms with van der Waals surface area (Å²) in [7, 11) is 0. The normalized spacial score (nSPS) is 22.7. The monoisotopic (exact) mass is 346 g/mol. The molecule has 2 unspecified atom stereocenters. The Hall–Kier alpha value is -2.73. The van der Waals surface area contributed by atoms with Crippen LogP contribution in [0, 0.1) is 11.8 Å². The van der Waals surface area contributed by atoms with E-state index in [1.165, 1.54) is 18.7 Å². The van der Waals surface area contributed by atoms with E-state index < -0.39 is 0 Å². The van der Waals surface area contributed by atoms with Gasteiger partial charge in [0.05, 0.1) is 0 Å². The summed E-state index contributed by atoms with van der Waals surface area (Å²) in [6, 6.07) is 14.9. The molecule has 0 aliphatic carbocycles. The van der Waals surface area contributed by atoms with Gasteiger partial charge in [-0.2, -0.15) is 0 Å². The van der Waals surface area contributed by atoms with E-state index in [0.29, 0.717) is 0 Å². The van der Waals surface area contributed by atoms with Gasteiger partial charge in [-0.25, -0.2) is 4.98 Å². The van der Waals surface area contributed by atoms with Crippen molar-refractivity contribution < 1.29 is 0 Å². The third-order valence-corrected chi connectivity index (χ3v) is 5.54. The van der Waals surface area contributed by atoms with Crippen LogP contribution < -0.4 is 4.90 Å². The predicted octanol–water partition coefficient (Wildman–Crippen LogP) is 2.23. The van der Waals surface area contributed by atoms with Crippen molar-refractivity contribution in [2.24, 2.45) is 11.8 Å². The van der Waals surface area contributed by atoms with E-state index in [2.05, 4.69) is 61.4 Å². The van der Waals surface area contributed by atoms with Crippen molar-refractivity contribution in [2.45, 2.75) is 6.54 Å². The maximum atomic E-state index is 4.44. The number of rotatable bonds is 4. The van der Waals surface area contributed by atoms with E-state index in [-0.39, 0.29) is 0 Å². The molecule has 1 aromatic carbocycles. The third kappa shape index (κ3) is 2.97. The smallest absolute Gasteiger partial charge is 0.160 e. The molecule has 0 N–H and O–H groups in total. The fraction of sp³-hybridized carbons (Fsp3) is 0.350. The first-order valence-corrected chi connectivity index (χ1v) is 9.18. The molecular formula is C20H22N6. The minimum absolute atomic E-state index is 0.730. The largest absolute Gasteiger partial charge is 0.354 e. The molecule has 4 heterocycles. The van der Waals surface area contributed by atoms with Crippen LogP contribution >= 0.6 is 0 Å². The minimum atomic E-state index is 0.730. The van der Waals surface area contributed by atoms with Gasteiger partial charge in [0, 0.05) is 45.1 Å². The Bertz CT molecular complexity index is 832. The highest BCUT2D eigenvalue weighted by Gasteiger charge is 2.40. The first kappa shape index (κ1) is 15.5. The lowest BCUT2D eigenvalue weighted by Gasteiger charge is -2.22. The van der Waals surface area contributed by atoms with Crippen LogP contribution in [0.5, 0.6) is 0 Å². The van der Waals surface area contributed by atoms with Gasteiger partial charge in [-0.1, -0.05) is 30.3 Å². The molecule has 2 atom stereocenters. The number of imidazole rings is 1. The van der Waals surface area contributed by atoms with Crippen molar-refractivity contribution in [1.82, 2.24) is 24.6 Å². The van der Waals surface area contributed by atoms with Crippen LogP contribution in [-0.2, 0) is 6.54 Å². The average Bonchev–Trinajstić information content (AvgIpc) is 3.39. The van der Waals surface area contributed by atoms with Crippen LogP contribution in [0.25, 0.3) is 5.82 Å². The molecule has 2 aliphatic rings. The topological polar surface area (TPSA) is 50.1 Å². The SMILES string of the molecule is c1ccc(CN2CC3CN(c4ccc(-n5ccnc5)nn4)CC3C2)cc1. The van der Waals surface area contributed by atoms with Gasteiger partial charge < -0.3 is 4.90 Å². The quantitative estimate of drug-likeness (QED) is 0.725. The van der Waals surface area contributed by atoms with E-state index in [9.17, 15) is 0 Å². The molecule has 2 fully saturated rings. The maximum Gasteiger partial charge on any atom is 0.160 e. The van der Waals surface area contributed by atoms with Crippen molar-refractivity contribution in [3.8, 4) is 5.82 Å². The van der Waals surface area contributed by atoms with Gasteiger partial charge >= 0.3 is 0 Å². The van der Waals surface area contributed by atoms with Gasteiger partial charge in [0.2, 0.25) is 0 Å². The van der Waals surface area contributed by atoms with Gasteiger partial charge in [0.25, 0.3) is 0 Å². The zero-order valence-electron chi connectivity index (χ0n) is 14.6. The lowest BCUT2D eigenvalue weighted by Crippen LogP contribution is -2.29. The highest BCUT2D eigenvalue weighted by atomic mass is 15.3. The Morgan fingerprint density at radius 2 is 1.58 bits per heavy atom. The predicted molar refractivity (Wildman–Crippen MR) is 100 cm³/mol. The Kier molecular flexibility index (Phi) is 3.90. The third-order valence-electron chi connectivity index (χ3n) is 5.54. The fourth-order valence-corrected chi connectivity index (χ4v) is 4.27. The number of anilines is 1. The summed E-state index contributed by atoms with van der Waals surface area (Å²) in [6.07, 6.45) is 5.37. The number of hydrogen-bond donors (Lipinski definition) is 0. The molecule has 0 spiro atoms. The highest BCUT2D eigenvalue weighted by molar-refractivity contribution is 5.41. The molecule has 6 heteroatoms. The van der Waals surface area contributed by atoms with Crippen molar-refractivity contribution in [1.29, 1.82) is 0 Å². The van der Waals surface area contributed by atoms with Crippen LogP contribution in [0.2, 0.25) is 0 Å². The second-order valence-corrected chi connectivity index (χ2v) is 7.32. The van der Waals surface area contributed by atoms with Crippen molar-refractivity contribution >= 4 is 5.82 Å². The van der Waals surface area contributed by atoms with E-state index in [1.807, 2.05) is 16.8 Å². The summed E-state index contributed by atoms with van der Waals surface area (Å²) in [4.78, 5) is 9.04. The molecule has 0 bridgehead atoms. The van der Waals surface area contributed by atoms with Gasteiger partial charge in [0.15, 0.2) is 11.6 Å². The lowest BCUT2D eigenvalue weighted by molar-refractivity contribution is 0.309. The molecule has 3 aromatic rings. The molecule has 0 saturated carbocycles. The molecule has 0 radical (unpaired) electrons. The van der Waals surface area contributed by atoms with Crippen molar-refractivity contribution in [2.75, 3.05) is 31.1 Å². The number of fused-ring (bicyclic) bond motifs is 1. The minimum Gasteiger partial charge on any atom is -0.354 e. The van der Waals surface area contributed by atoms with Gasteiger partial charge in [-0.05, 0) is 29.5 Å². The average molecular weight is 346 g/mol. The number of nitrogens with zero attached hydrogens (tertiary/aromatic N) is 6. The van der Waals surface area contributed by atoms with Gasteiger partial charge in [-0.15, -0.1) is 10.2 Å². The lowest BCUT2D eigenvalue weighted by atomic mass is 10.0. The Balaban J connectivity index is 1.21. The molecule has 0 amide bonds. The molecule has 26 heavy (non-hydrogen) atoms. The summed E-state index contributed by atoms with van der Waals surface area (Å²) in [5.41, 5.74) is 1.41. The van der Waals surface area contributed by atoms with Crippen LogP contribution in [0.15, 0.2) is 61.2 Å². The van der Waals surface area contributed by atoms with E-state index >= 15 is 0 Å². The molecule has 5 rings (SSSR count). The highest BCUT2D eigenvalue weighted by Crippen LogP contribution is 2.33. The Morgan fingerprint density at radius 3 is 2.23 bits per heavy atom. The second kappa shape index (κ2) is 6.53. The van der Waals surface area contributed by atoms with Crippen LogP contribution in [0.3, 0.4) is 0 Å².